The van der Waals surface area contributed by atoms with E-state index in [1.165, 1.54) is 0 Å². The highest BCUT2D eigenvalue weighted by Gasteiger charge is 2.03. The maximum absolute atomic E-state index is 9.03. The molecule has 11 heavy (non-hydrogen) atoms. The Bertz CT molecular complexity index is 159. The predicted molar refractivity (Wildman–Crippen MR) is 46.9 cm³/mol. The first-order valence-corrected chi connectivity index (χ1v) is 3.84. The highest BCUT2D eigenvalue weighted by Crippen LogP contribution is 2.09. The summed E-state index contributed by atoms with van der Waals surface area (Å²) in [5.41, 5.74) is 5.23. The summed E-state index contributed by atoms with van der Waals surface area (Å²) in [6.45, 7) is 6.40. The zero-order chi connectivity index (χ0) is 8.91. The molecule has 0 bridgehead atoms. The van der Waals surface area contributed by atoms with E-state index < -0.39 is 6.10 Å². The Kier molecular flexibility index (Phi) is 4.17. The highest BCUT2D eigenvalue weighted by atomic mass is 16.3. The second-order valence-corrected chi connectivity index (χ2v) is 3.65. The van der Waals surface area contributed by atoms with Gasteiger partial charge in [0.15, 0.2) is 0 Å². The molecule has 0 aromatic carbocycles. The molecule has 1 atom stereocenters. The SMILES string of the molecule is CC(C)(C)C#CCC(O)CN. The van der Waals surface area contributed by atoms with Crippen LogP contribution >= 0.6 is 0 Å². The molecule has 1 unspecified atom stereocenters. The van der Waals surface area contributed by atoms with Crippen molar-refractivity contribution in [1.82, 2.24) is 0 Å². The molecule has 2 heteroatoms. The van der Waals surface area contributed by atoms with E-state index in [1.54, 1.807) is 0 Å². The van der Waals surface area contributed by atoms with Gasteiger partial charge in [-0.3, -0.25) is 0 Å². The van der Waals surface area contributed by atoms with E-state index in [0.717, 1.165) is 0 Å². The van der Waals surface area contributed by atoms with Crippen molar-refractivity contribution in [2.45, 2.75) is 33.3 Å². The molecule has 0 saturated heterocycles. The third kappa shape index (κ3) is 7.38. The second-order valence-electron chi connectivity index (χ2n) is 3.65. The normalized spacial score (nSPS) is 13.5. The lowest BCUT2D eigenvalue weighted by Crippen LogP contribution is -2.18. The van der Waals surface area contributed by atoms with Crippen molar-refractivity contribution < 1.29 is 5.11 Å². The van der Waals surface area contributed by atoms with Crippen LogP contribution in [0.5, 0.6) is 0 Å². The smallest absolute Gasteiger partial charge is 0.0771 e. The Balaban J connectivity index is 3.73. The largest absolute Gasteiger partial charge is 0.391 e. The van der Waals surface area contributed by atoms with Crippen LogP contribution in [-0.2, 0) is 0 Å². The van der Waals surface area contributed by atoms with Crippen LogP contribution in [0.2, 0.25) is 0 Å². The average molecular weight is 155 g/mol. The summed E-state index contributed by atoms with van der Waals surface area (Å²) in [5, 5.41) is 9.03. The minimum Gasteiger partial charge on any atom is -0.391 e. The van der Waals surface area contributed by atoms with Crippen LogP contribution in [0.3, 0.4) is 0 Å². The summed E-state index contributed by atoms with van der Waals surface area (Å²) in [4.78, 5) is 0. The molecule has 0 saturated carbocycles. The number of aliphatic hydroxyl groups excluding tert-OH is 1. The number of rotatable bonds is 2. The molecule has 0 rings (SSSR count). The summed E-state index contributed by atoms with van der Waals surface area (Å²) in [6.07, 6.45) is 0.0122. The molecule has 0 spiro atoms. The van der Waals surface area contributed by atoms with E-state index in [2.05, 4.69) is 11.8 Å². The van der Waals surface area contributed by atoms with Crippen LogP contribution < -0.4 is 5.73 Å². The third-order valence-corrected chi connectivity index (χ3v) is 1.07. The summed E-state index contributed by atoms with van der Waals surface area (Å²) in [6, 6.07) is 0. The van der Waals surface area contributed by atoms with Crippen molar-refractivity contribution in [1.29, 1.82) is 0 Å². The molecule has 3 N–H and O–H groups in total. The molecule has 2 nitrogen and oxygen atoms in total. The summed E-state index contributed by atoms with van der Waals surface area (Å²) < 4.78 is 0. The fourth-order valence-electron chi connectivity index (χ4n) is 0.517. The maximum Gasteiger partial charge on any atom is 0.0771 e. The first-order valence-electron chi connectivity index (χ1n) is 3.84. The van der Waals surface area contributed by atoms with Crippen molar-refractivity contribution in [3.63, 3.8) is 0 Å². The van der Waals surface area contributed by atoms with Crippen LogP contribution in [0.1, 0.15) is 27.2 Å². The molecular formula is C9H17NO. The Morgan fingerprint density at radius 2 is 2.00 bits per heavy atom. The lowest BCUT2D eigenvalue weighted by molar-refractivity contribution is 0.188. The standard InChI is InChI=1S/C9H17NO/c1-9(2,3)6-4-5-8(11)7-10/h8,11H,5,7,10H2,1-3H3. The molecule has 0 heterocycles. The lowest BCUT2D eigenvalue weighted by Gasteiger charge is -2.07. The number of aliphatic hydroxyl groups is 1. The van der Waals surface area contributed by atoms with Crippen LogP contribution in [0.25, 0.3) is 0 Å². The van der Waals surface area contributed by atoms with Gasteiger partial charge in [-0.25, -0.2) is 0 Å². The summed E-state index contributed by atoms with van der Waals surface area (Å²) in [7, 11) is 0. The summed E-state index contributed by atoms with van der Waals surface area (Å²) >= 11 is 0. The Morgan fingerprint density at radius 1 is 1.45 bits per heavy atom. The highest BCUT2D eigenvalue weighted by molar-refractivity contribution is 5.07. The molecule has 0 aliphatic heterocycles. The zero-order valence-electron chi connectivity index (χ0n) is 7.52. The van der Waals surface area contributed by atoms with Gasteiger partial charge in [0.05, 0.1) is 6.10 Å². The molecule has 0 amide bonds. The fraction of sp³-hybridized carbons (Fsp3) is 0.778. The Labute approximate surface area is 68.8 Å². The van der Waals surface area contributed by atoms with Crippen molar-refractivity contribution in [3.05, 3.63) is 0 Å². The van der Waals surface area contributed by atoms with Gasteiger partial charge < -0.3 is 10.8 Å². The average Bonchev–Trinajstić information content (AvgIpc) is 1.85. The van der Waals surface area contributed by atoms with Gasteiger partial charge >= 0.3 is 0 Å². The van der Waals surface area contributed by atoms with Crippen LogP contribution in [0.15, 0.2) is 0 Å². The molecule has 0 aliphatic rings. The minimum absolute atomic E-state index is 0.0221. The van der Waals surface area contributed by atoms with Gasteiger partial charge in [-0.2, -0.15) is 0 Å². The van der Waals surface area contributed by atoms with Crippen molar-refractivity contribution in [3.8, 4) is 11.8 Å². The van der Waals surface area contributed by atoms with E-state index in [0.29, 0.717) is 13.0 Å². The Morgan fingerprint density at radius 3 is 2.36 bits per heavy atom. The first kappa shape index (κ1) is 10.5. The predicted octanol–water partition coefficient (Wildman–Crippen LogP) is 0.746. The van der Waals surface area contributed by atoms with Gasteiger partial charge in [-0.15, -0.1) is 5.92 Å². The molecule has 0 fully saturated rings. The van der Waals surface area contributed by atoms with E-state index in [9.17, 15) is 0 Å². The van der Waals surface area contributed by atoms with Gasteiger partial charge in [-0.1, -0.05) is 5.92 Å². The number of hydrogen-bond donors (Lipinski definition) is 2. The first-order chi connectivity index (χ1) is 4.95. The fourth-order valence-corrected chi connectivity index (χ4v) is 0.517. The van der Waals surface area contributed by atoms with Gasteiger partial charge in [0.25, 0.3) is 0 Å². The minimum atomic E-state index is -0.468. The molecule has 0 radical (unpaired) electrons. The second kappa shape index (κ2) is 4.38. The molecule has 0 aromatic heterocycles. The summed E-state index contributed by atoms with van der Waals surface area (Å²) in [5.74, 6) is 5.92. The topological polar surface area (TPSA) is 46.2 Å². The van der Waals surface area contributed by atoms with Crippen molar-refractivity contribution >= 4 is 0 Å². The maximum atomic E-state index is 9.03. The Hall–Kier alpha value is -0.520. The molecule has 0 aliphatic carbocycles. The third-order valence-electron chi connectivity index (χ3n) is 1.07. The van der Waals surface area contributed by atoms with Gasteiger partial charge in [0.2, 0.25) is 0 Å². The van der Waals surface area contributed by atoms with Crippen molar-refractivity contribution in [2.24, 2.45) is 11.1 Å². The van der Waals surface area contributed by atoms with Crippen molar-refractivity contribution in [2.75, 3.05) is 6.54 Å². The molecular weight excluding hydrogens is 138 g/mol. The van der Waals surface area contributed by atoms with E-state index in [-0.39, 0.29) is 5.41 Å². The number of hydrogen-bond acceptors (Lipinski definition) is 2. The van der Waals surface area contributed by atoms with Gasteiger partial charge in [-0.05, 0) is 20.8 Å². The molecule has 0 aromatic rings. The number of nitrogens with two attached hydrogens (primary N) is 1. The van der Waals surface area contributed by atoms with Crippen LogP contribution in [-0.4, -0.2) is 17.8 Å². The monoisotopic (exact) mass is 155 g/mol. The van der Waals surface area contributed by atoms with Gasteiger partial charge in [0.1, 0.15) is 0 Å². The van der Waals surface area contributed by atoms with Crippen LogP contribution in [0, 0.1) is 17.3 Å². The molecule has 64 valence electrons. The quantitative estimate of drug-likeness (QED) is 0.578. The lowest BCUT2D eigenvalue weighted by atomic mass is 9.98. The van der Waals surface area contributed by atoms with Crippen LogP contribution in [0.4, 0.5) is 0 Å². The van der Waals surface area contributed by atoms with E-state index >= 15 is 0 Å². The van der Waals surface area contributed by atoms with E-state index in [4.69, 9.17) is 10.8 Å². The van der Waals surface area contributed by atoms with E-state index in [1.807, 2.05) is 20.8 Å². The zero-order valence-corrected chi connectivity index (χ0v) is 7.52. The van der Waals surface area contributed by atoms with Gasteiger partial charge in [0, 0.05) is 18.4 Å².